The maximum atomic E-state index is 12.6. The zero-order chi connectivity index (χ0) is 15.6. The molecule has 112 valence electrons. The van der Waals surface area contributed by atoms with E-state index in [2.05, 4.69) is 6.92 Å². The van der Waals surface area contributed by atoms with Gasteiger partial charge in [0.1, 0.15) is 5.75 Å². The van der Waals surface area contributed by atoms with Crippen molar-refractivity contribution in [2.75, 3.05) is 7.05 Å². The van der Waals surface area contributed by atoms with Crippen LogP contribution < -0.4 is 0 Å². The molecule has 0 bridgehead atoms. The molecular weight excluding hydrogens is 286 g/mol. The van der Waals surface area contributed by atoms with Gasteiger partial charge in [-0.1, -0.05) is 49.2 Å². The number of nitrogens with zero attached hydrogens (tertiary/aromatic N) is 1. The molecule has 0 saturated heterocycles. The van der Waals surface area contributed by atoms with Crippen LogP contribution in [0, 0.1) is 0 Å². The third kappa shape index (κ3) is 2.98. The van der Waals surface area contributed by atoms with Gasteiger partial charge in [0.2, 0.25) is 0 Å². The predicted molar refractivity (Wildman–Crippen MR) is 87.1 cm³/mol. The normalized spacial score (nSPS) is 12.4. The fourth-order valence-corrected chi connectivity index (χ4v) is 2.75. The number of benzene rings is 2. The van der Waals surface area contributed by atoms with Crippen molar-refractivity contribution in [2.45, 2.75) is 32.7 Å². The van der Waals surface area contributed by atoms with Gasteiger partial charge in [0.05, 0.1) is 5.56 Å². The Balaban J connectivity index is 2.47. The first kappa shape index (κ1) is 15.6. The molecule has 0 heterocycles. The number of hydrogen-bond donors (Lipinski definition) is 1. The fourth-order valence-electron chi connectivity index (χ4n) is 2.48. The highest BCUT2D eigenvalue weighted by atomic mass is 35.5. The lowest BCUT2D eigenvalue weighted by molar-refractivity contribution is 0.0734. The number of hydrogen-bond acceptors (Lipinski definition) is 2. The number of amides is 1. The van der Waals surface area contributed by atoms with E-state index in [1.54, 1.807) is 24.1 Å². The van der Waals surface area contributed by atoms with Crippen molar-refractivity contribution in [3.8, 4) is 5.75 Å². The smallest absolute Gasteiger partial charge is 0.257 e. The topological polar surface area (TPSA) is 40.5 Å². The minimum Gasteiger partial charge on any atom is -0.506 e. The van der Waals surface area contributed by atoms with Crippen LogP contribution in [0.3, 0.4) is 0 Å². The summed E-state index contributed by atoms with van der Waals surface area (Å²) in [6.07, 6.45) is 1.92. The van der Waals surface area contributed by atoms with Crippen molar-refractivity contribution in [1.29, 1.82) is 0 Å². The van der Waals surface area contributed by atoms with Crippen molar-refractivity contribution >= 4 is 28.3 Å². The number of aromatic hydroxyl groups is 1. The van der Waals surface area contributed by atoms with Gasteiger partial charge in [-0.15, -0.1) is 0 Å². The molecule has 0 aromatic heterocycles. The molecule has 2 aromatic rings. The van der Waals surface area contributed by atoms with E-state index in [0.29, 0.717) is 10.4 Å². The number of carbonyl (C=O) groups excluding carboxylic acids is 1. The Bertz CT molecular complexity index is 669. The summed E-state index contributed by atoms with van der Waals surface area (Å²) >= 11 is 6.24. The molecule has 0 aliphatic carbocycles. The molecule has 0 aliphatic rings. The van der Waals surface area contributed by atoms with E-state index in [4.69, 9.17) is 11.6 Å². The van der Waals surface area contributed by atoms with Gasteiger partial charge in [-0.3, -0.25) is 4.79 Å². The molecule has 1 unspecified atom stereocenters. The van der Waals surface area contributed by atoms with E-state index >= 15 is 0 Å². The van der Waals surface area contributed by atoms with Crippen molar-refractivity contribution in [3.63, 3.8) is 0 Å². The Hall–Kier alpha value is -1.74. The van der Waals surface area contributed by atoms with E-state index in [1.807, 2.05) is 25.1 Å². The third-order valence-electron chi connectivity index (χ3n) is 3.88. The lowest BCUT2D eigenvalue weighted by Crippen LogP contribution is -2.35. The molecule has 1 atom stereocenters. The standard InChI is InChI=1S/C17H20ClNO2/c1-4-7-11(2)19(3)17(21)14-10-15(18)12-8-5-6-9-13(12)16(14)20/h5-6,8-11,20H,4,7H2,1-3H3. The molecule has 0 saturated carbocycles. The highest BCUT2D eigenvalue weighted by Gasteiger charge is 2.22. The van der Waals surface area contributed by atoms with Crippen molar-refractivity contribution in [3.05, 3.63) is 40.9 Å². The van der Waals surface area contributed by atoms with Gasteiger partial charge in [-0.25, -0.2) is 0 Å². The maximum Gasteiger partial charge on any atom is 0.257 e. The number of fused-ring (bicyclic) bond motifs is 1. The lowest BCUT2D eigenvalue weighted by Gasteiger charge is -2.25. The molecule has 0 aliphatic heterocycles. The van der Waals surface area contributed by atoms with Crippen LogP contribution in [0.4, 0.5) is 0 Å². The number of carbonyl (C=O) groups is 1. The van der Waals surface area contributed by atoms with Crippen LogP contribution >= 0.6 is 11.6 Å². The van der Waals surface area contributed by atoms with Crippen LogP contribution in [0.2, 0.25) is 5.02 Å². The van der Waals surface area contributed by atoms with Crippen LogP contribution in [0.5, 0.6) is 5.75 Å². The first-order chi connectivity index (χ1) is 9.97. The number of halogens is 1. The van der Waals surface area contributed by atoms with E-state index in [-0.39, 0.29) is 23.3 Å². The molecule has 3 nitrogen and oxygen atoms in total. The van der Waals surface area contributed by atoms with Crippen LogP contribution in [-0.4, -0.2) is 29.0 Å². The van der Waals surface area contributed by atoms with Gasteiger partial charge < -0.3 is 10.0 Å². The van der Waals surface area contributed by atoms with Crippen molar-refractivity contribution < 1.29 is 9.90 Å². The molecule has 2 aromatic carbocycles. The van der Waals surface area contributed by atoms with E-state index in [9.17, 15) is 9.90 Å². The minimum atomic E-state index is -0.207. The summed E-state index contributed by atoms with van der Waals surface area (Å²) in [5.41, 5.74) is 0.254. The Labute approximate surface area is 130 Å². The first-order valence-electron chi connectivity index (χ1n) is 7.14. The Morgan fingerprint density at radius 2 is 1.95 bits per heavy atom. The summed E-state index contributed by atoms with van der Waals surface area (Å²) in [6, 6.07) is 8.93. The molecule has 1 amide bonds. The summed E-state index contributed by atoms with van der Waals surface area (Å²) in [4.78, 5) is 14.2. The predicted octanol–water partition coefficient (Wildman–Crippen LogP) is 4.46. The highest BCUT2D eigenvalue weighted by molar-refractivity contribution is 6.36. The Morgan fingerprint density at radius 1 is 1.33 bits per heavy atom. The Kier molecular flexibility index (Phi) is 4.73. The summed E-state index contributed by atoms with van der Waals surface area (Å²) in [6.45, 7) is 4.08. The van der Waals surface area contributed by atoms with Crippen molar-refractivity contribution in [1.82, 2.24) is 4.90 Å². The van der Waals surface area contributed by atoms with Gasteiger partial charge in [-0.05, 0) is 19.4 Å². The van der Waals surface area contributed by atoms with Gasteiger partial charge in [0.15, 0.2) is 0 Å². The molecule has 21 heavy (non-hydrogen) atoms. The average molecular weight is 306 g/mol. The monoisotopic (exact) mass is 305 g/mol. The number of phenolic OH excluding ortho intramolecular Hbond substituents is 1. The van der Waals surface area contributed by atoms with E-state index in [1.165, 1.54) is 0 Å². The van der Waals surface area contributed by atoms with Crippen LogP contribution in [-0.2, 0) is 0 Å². The second kappa shape index (κ2) is 6.35. The molecule has 4 heteroatoms. The Morgan fingerprint density at radius 3 is 2.57 bits per heavy atom. The summed E-state index contributed by atoms with van der Waals surface area (Å²) in [5, 5.41) is 12.2. The molecule has 2 rings (SSSR count). The highest BCUT2D eigenvalue weighted by Crippen LogP contribution is 2.35. The van der Waals surface area contributed by atoms with Crippen LogP contribution in [0.25, 0.3) is 10.8 Å². The zero-order valence-corrected chi connectivity index (χ0v) is 13.3. The minimum absolute atomic E-state index is 0.00412. The largest absolute Gasteiger partial charge is 0.506 e. The SMILES string of the molecule is CCCC(C)N(C)C(=O)c1cc(Cl)c2ccccc2c1O. The zero-order valence-electron chi connectivity index (χ0n) is 12.6. The van der Waals surface area contributed by atoms with Crippen LogP contribution in [0.15, 0.2) is 30.3 Å². The second-order valence-corrected chi connectivity index (χ2v) is 5.76. The van der Waals surface area contributed by atoms with Gasteiger partial charge >= 0.3 is 0 Å². The molecule has 1 N–H and O–H groups in total. The second-order valence-electron chi connectivity index (χ2n) is 5.35. The number of phenols is 1. The van der Waals surface area contributed by atoms with Gasteiger partial charge in [-0.2, -0.15) is 0 Å². The van der Waals surface area contributed by atoms with Gasteiger partial charge in [0.25, 0.3) is 5.91 Å². The lowest BCUT2D eigenvalue weighted by atomic mass is 10.0. The fraction of sp³-hybridized carbons (Fsp3) is 0.353. The molecule has 0 fully saturated rings. The first-order valence-corrected chi connectivity index (χ1v) is 7.52. The number of rotatable bonds is 4. The molecule has 0 spiro atoms. The van der Waals surface area contributed by atoms with Gasteiger partial charge in [0, 0.05) is 28.9 Å². The summed E-state index contributed by atoms with van der Waals surface area (Å²) in [7, 11) is 1.76. The third-order valence-corrected chi connectivity index (χ3v) is 4.20. The summed E-state index contributed by atoms with van der Waals surface area (Å²) in [5.74, 6) is -0.211. The summed E-state index contributed by atoms with van der Waals surface area (Å²) < 4.78 is 0. The van der Waals surface area contributed by atoms with Crippen LogP contribution in [0.1, 0.15) is 37.0 Å². The quantitative estimate of drug-likeness (QED) is 0.906. The molecular formula is C17H20ClNO2. The maximum absolute atomic E-state index is 12.6. The molecule has 0 radical (unpaired) electrons. The average Bonchev–Trinajstić information content (AvgIpc) is 2.49. The van der Waals surface area contributed by atoms with Crippen molar-refractivity contribution in [2.24, 2.45) is 0 Å². The van der Waals surface area contributed by atoms with E-state index < -0.39 is 0 Å². The van der Waals surface area contributed by atoms with E-state index in [0.717, 1.165) is 18.2 Å².